The average Bonchev–Trinajstić information content (AvgIpc) is 3.23. The van der Waals surface area contributed by atoms with Crippen LogP contribution in [0.1, 0.15) is 18.4 Å². The van der Waals surface area contributed by atoms with Crippen LogP contribution in [0.5, 0.6) is 0 Å². The molecule has 1 saturated carbocycles. The van der Waals surface area contributed by atoms with Crippen LogP contribution < -0.4 is 13.8 Å². The van der Waals surface area contributed by atoms with Crippen molar-refractivity contribution in [2.24, 2.45) is 0 Å². The van der Waals surface area contributed by atoms with E-state index in [1.807, 2.05) is 6.07 Å². The predicted octanol–water partition coefficient (Wildman–Crippen LogP) is 0.806. The summed E-state index contributed by atoms with van der Waals surface area (Å²) in [4.78, 5) is 1.54. The molecule has 2 aromatic rings. The van der Waals surface area contributed by atoms with E-state index in [2.05, 4.69) is 47.4 Å². The summed E-state index contributed by atoms with van der Waals surface area (Å²) < 4.78 is 25.9. The zero-order valence-electron chi connectivity index (χ0n) is 12.1. The van der Waals surface area contributed by atoms with Crippen LogP contribution in [0.4, 0.5) is 5.69 Å². The molecule has 1 fully saturated rings. The fourth-order valence-electron chi connectivity index (χ4n) is 3.16. The topological polar surface area (TPSA) is 37.4 Å². The summed E-state index contributed by atoms with van der Waals surface area (Å²) in [6, 6.07) is 17.1. The summed E-state index contributed by atoms with van der Waals surface area (Å²) in [6.45, 7) is 0.834. The van der Waals surface area contributed by atoms with Crippen LogP contribution in [0.25, 0.3) is 0 Å². The van der Waals surface area contributed by atoms with Crippen molar-refractivity contribution in [1.82, 2.24) is 0 Å². The van der Waals surface area contributed by atoms with E-state index in [0.717, 1.165) is 31.5 Å². The molecule has 0 unspecified atom stereocenters. The van der Waals surface area contributed by atoms with Crippen LogP contribution in [0.3, 0.4) is 0 Å². The summed E-state index contributed by atoms with van der Waals surface area (Å²) in [5.41, 5.74) is 2.43. The van der Waals surface area contributed by atoms with Gasteiger partial charge in [-0.25, -0.2) is 0 Å². The second-order valence-corrected chi connectivity index (χ2v) is 9.60. The molecule has 0 N–H and O–H groups in total. The molecule has 0 atom stereocenters. The first-order valence-corrected chi connectivity index (χ1v) is 10.4. The van der Waals surface area contributed by atoms with Crippen LogP contribution >= 0.6 is 0 Å². The van der Waals surface area contributed by atoms with Gasteiger partial charge in [-0.1, -0.05) is 0 Å². The third-order valence-corrected chi connectivity index (χ3v) is 7.93. The van der Waals surface area contributed by atoms with Gasteiger partial charge in [0.25, 0.3) is 0 Å². The summed E-state index contributed by atoms with van der Waals surface area (Å²) in [7, 11) is -2.39. The molecule has 3 nitrogen and oxygen atoms in total. The molecule has 0 spiro atoms. The van der Waals surface area contributed by atoms with Gasteiger partial charge in [0, 0.05) is 0 Å². The predicted molar refractivity (Wildman–Crippen MR) is 91.2 cm³/mol. The average molecular weight is 378 g/mol. The molecule has 0 saturated heterocycles. The zero-order chi connectivity index (χ0) is 15.2. The molecule has 1 heterocycles. The number of fused-ring (bicyclic) bond motifs is 1. The van der Waals surface area contributed by atoms with E-state index in [4.69, 9.17) is 0 Å². The number of nitrogens with zero attached hydrogens (tertiary/aromatic N) is 1. The minimum atomic E-state index is -2.39. The number of rotatable bonds is 4. The van der Waals surface area contributed by atoms with Crippen LogP contribution in [0, 0.1) is 0 Å². The van der Waals surface area contributed by atoms with Crippen molar-refractivity contribution >= 4 is 40.3 Å². The standard InChI is InChI=1S/C17H17NO2SSe/c19-21(20)17(9-10-17)18-11-8-13-12-15(6-7-16(13)18)22-14-4-2-1-3-5-14/h1-7,12,21H,8-11H2. The van der Waals surface area contributed by atoms with Gasteiger partial charge in [-0.05, 0) is 0 Å². The number of hydrogen-bond acceptors (Lipinski definition) is 3. The molecule has 0 aromatic heterocycles. The Hall–Kier alpha value is -1.29. The Labute approximate surface area is 138 Å². The minimum absolute atomic E-state index is 0.310. The van der Waals surface area contributed by atoms with Crippen molar-refractivity contribution in [3.05, 3.63) is 54.1 Å². The Kier molecular flexibility index (Phi) is 3.52. The van der Waals surface area contributed by atoms with E-state index < -0.39 is 15.6 Å². The molecule has 0 bridgehead atoms. The van der Waals surface area contributed by atoms with Crippen molar-refractivity contribution in [3.8, 4) is 0 Å². The van der Waals surface area contributed by atoms with E-state index in [1.165, 1.54) is 14.5 Å². The molecule has 2 aliphatic rings. The van der Waals surface area contributed by atoms with Crippen molar-refractivity contribution in [2.75, 3.05) is 11.4 Å². The summed E-state index contributed by atoms with van der Waals surface area (Å²) in [6.07, 6.45) is 2.51. The summed E-state index contributed by atoms with van der Waals surface area (Å²) >= 11 is 0.310. The fourth-order valence-corrected chi connectivity index (χ4v) is 5.94. The van der Waals surface area contributed by atoms with Crippen molar-refractivity contribution in [3.63, 3.8) is 0 Å². The Balaban J connectivity index is 1.61. The van der Waals surface area contributed by atoms with E-state index in [1.54, 1.807) is 0 Å². The molecule has 4 rings (SSSR count). The van der Waals surface area contributed by atoms with Gasteiger partial charge in [0.15, 0.2) is 0 Å². The van der Waals surface area contributed by atoms with Crippen molar-refractivity contribution in [2.45, 2.75) is 24.1 Å². The van der Waals surface area contributed by atoms with Crippen molar-refractivity contribution in [1.29, 1.82) is 0 Å². The van der Waals surface area contributed by atoms with E-state index in [-0.39, 0.29) is 0 Å². The molecular formula is C17H17NO2SSe. The Morgan fingerprint density at radius 3 is 2.45 bits per heavy atom. The van der Waals surface area contributed by atoms with Gasteiger partial charge in [0.2, 0.25) is 0 Å². The third-order valence-electron chi connectivity index (χ3n) is 4.46. The second kappa shape index (κ2) is 5.41. The van der Waals surface area contributed by atoms with Gasteiger partial charge in [0.05, 0.1) is 0 Å². The van der Waals surface area contributed by atoms with Gasteiger partial charge >= 0.3 is 138 Å². The number of anilines is 1. The maximum absolute atomic E-state index is 11.6. The molecule has 1 aliphatic carbocycles. The molecule has 22 heavy (non-hydrogen) atoms. The normalized spacial score (nSPS) is 18.5. The van der Waals surface area contributed by atoms with Gasteiger partial charge in [0.1, 0.15) is 0 Å². The maximum atomic E-state index is 11.6. The van der Waals surface area contributed by atoms with Gasteiger partial charge < -0.3 is 0 Å². The van der Waals surface area contributed by atoms with E-state index >= 15 is 0 Å². The molecule has 2 aromatic carbocycles. The molecule has 0 amide bonds. The molecule has 5 heteroatoms. The number of benzene rings is 2. The monoisotopic (exact) mass is 379 g/mol. The van der Waals surface area contributed by atoms with E-state index in [0.29, 0.717) is 15.0 Å². The van der Waals surface area contributed by atoms with Crippen LogP contribution in [0.15, 0.2) is 48.5 Å². The Bertz CT molecular complexity index is 777. The quantitative estimate of drug-likeness (QED) is 0.632. The third kappa shape index (κ3) is 2.37. The molecular weight excluding hydrogens is 361 g/mol. The summed E-state index contributed by atoms with van der Waals surface area (Å²) in [5.74, 6) is 0. The fraction of sp³-hybridized carbons (Fsp3) is 0.294. The van der Waals surface area contributed by atoms with Crippen LogP contribution in [0.2, 0.25) is 0 Å². The zero-order valence-corrected chi connectivity index (χ0v) is 14.7. The Morgan fingerprint density at radius 1 is 1.00 bits per heavy atom. The van der Waals surface area contributed by atoms with E-state index in [9.17, 15) is 8.42 Å². The summed E-state index contributed by atoms with van der Waals surface area (Å²) in [5, 5.41) is 0. The van der Waals surface area contributed by atoms with Crippen LogP contribution in [-0.2, 0) is 17.1 Å². The first kappa shape index (κ1) is 14.3. The number of hydrogen-bond donors (Lipinski definition) is 1. The van der Waals surface area contributed by atoms with Gasteiger partial charge in [-0.3, -0.25) is 0 Å². The first-order valence-electron chi connectivity index (χ1n) is 7.47. The van der Waals surface area contributed by atoms with Crippen LogP contribution in [-0.4, -0.2) is 34.8 Å². The molecule has 114 valence electrons. The molecule has 0 radical (unpaired) electrons. The van der Waals surface area contributed by atoms with Gasteiger partial charge in [-0.2, -0.15) is 0 Å². The van der Waals surface area contributed by atoms with Gasteiger partial charge in [-0.15, -0.1) is 0 Å². The SMILES string of the molecule is O=[SH](=O)C1(N2CCc3cc([Se]c4ccccc4)ccc32)CC1. The first-order chi connectivity index (χ1) is 10.7. The number of thiol groups is 1. The Morgan fingerprint density at radius 2 is 1.77 bits per heavy atom. The second-order valence-electron chi connectivity index (χ2n) is 5.85. The van der Waals surface area contributed by atoms with Crippen molar-refractivity contribution < 1.29 is 8.42 Å². The molecule has 1 aliphatic heterocycles.